The van der Waals surface area contributed by atoms with Gasteiger partial charge in [-0.1, -0.05) is 31.2 Å². The van der Waals surface area contributed by atoms with Gasteiger partial charge < -0.3 is 0 Å². The summed E-state index contributed by atoms with van der Waals surface area (Å²) in [4.78, 5) is 0. The van der Waals surface area contributed by atoms with Crippen molar-refractivity contribution in [3.05, 3.63) is 47.4 Å². The Hall–Kier alpha value is -1.32. The molecule has 0 heterocycles. The van der Waals surface area contributed by atoms with Crippen molar-refractivity contribution in [1.82, 2.24) is 0 Å². The first-order valence-corrected chi connectivity index (χ1v) is 5.34. The van der Waals surface area contributed by atoms with Crippen molar-refractivity contribution in [1.29, 1.82) is 0 Å². The van der Waals surface area contributed by atoms with Crippen LogP contribution in [-0.2, 0) is 0 Å². The molecule has 4 heteroatoms. The molecule has 0 aromatic rings. The quantitative estimate of drug-likeness (QED) is 0.579. The van der Waals surface area contributed by atoms with Gasteiger partial charge >= 0.3 is 6.18 Å². The van der Waals surface area contributed by atoms with Crippen LogP contribution in [0.1, 0.15) is 20.3 Å². The summed E-state index contributed by atoms with van der Waals surface area (Å²) in [5.74, 6) is -0.944. The third kappa shape index (κ3) is 3.58. The van der Waals surface area contributed by atoms with Crippen LogP contribution in [0.2, 0.25) is 0 Å². The van der Waals surface area contributed by atoms with Gasteiger partial charge in [0.15, 0.2) is 0 Å². The fraction of sp³-hybridized carbons (Fsp3) is 0.385. The molecule has 0 nitrogen and oxygen atoms in total. The number of alkyl halides is 3. The Morgan fingerprint density at radius 1 is 1.35 bits per heavy atom. The van der Waals surface area contributed by atoms with E-state index in [9.17, 15) is 17.6 Å². The van der Waals surface area contributed by atoms with Crippen molar-refractivity contribution >= 4 is 0 Å². The first kappa shape index (κ1) is 13.7. The van der Waals surface area contributed by atoms with Gasteiger partial charge in [0, 0.05) is 0 Å². The molecule has 0 saturated heterocycles. The van der Waals surface area contributed by atoms with E-state index < -0.39 is 17.6 Å². The first-order valence-electron chi connectivity index (χ1n) is 5.34. The van der Waals surface area contributed by atoms with Gasteiger partial charge in [0.25, 0.3) is 0 Å². The van der Waals surface area contributed by atoms with Gasteiger partial charge in [-0.25, -0.2) is 4.39 Å². The molecule has 1 atom stereocenters. The third-order valence-corrected chi connectivity index (χ3v) is 2.55. The number of hydrogen-bond donors (Lipinski definition) is 0. The minimum absolute atomic E-state index is 0.131. The Balaban J connectivity index is 3.26. The van der Waals surface area contributed by atoms with Crippen LogP contribution < -0.4 is 0 Å². The number of rotatable bonds is 1. The van der Waals surface area contributed by atoms with E-state index in [1.165, 1.54) is 12.2 Å². The molecule has 1 rings (SSSR count). The lowest BCUT2D eigenvalue weighted by Crippen LogP contribution is -2.11. The zero-order valence-corrected chi connectivity index (χ0v) is 9.68. The summed E-state index contributed by atoms with van der Waals surface area (Å²) < 4.78 is 51.3. The van der Waals surface area contributed by atoms with E-state index in [0.717, 1.165) is 6.08 Å². The van der Waals surface area contributed by atoms with Gasteiger partial charge in [-0.2, -0.15) is 13.2 Å². The molecule has 0 amide bonds. The maximum Gasteiger partial charge on any atom is 0.416 e. The summed E-state index contributed by atoms with van der Waals surface area (Å²) in [6, 6.07) is 0. The zero-order valence-electron chi connectivity index (χ0n) is 9.68. The molecule has 1 unspecified atom stereocenters. The average molecular weight is 246 g/mol. The fourth-order valence-corrected chi connectivity index (χ4v) is 1.63. The molecular formula is C13H14F4. The van der Waals surface area contributed by atoms with Gasteiger partial charge in [0.1, 0.15) is 5.83 Å². The van der Waals surface area contributed by atoms with E-state index in [0.29, 0.717) is 18.1 Å². The second kappa shape index (κ2) is 5.34. The maximum absolute atomic E-state index is 13.7. The molecule has 0 fully saturated rings. The molecule has 1 aliphatic rings. The van der Waals surface area contributed by atoms with E-state index >= 15 is 0 Å². The molecule has 0 aromatic carbocycles. The highest BCUT2D eigenvalue weighted by Gasteiger charge is 2.32. The van der Waals surface area contributed by atoms with Crippen molar-refractivity contribution in [2.24, 2.45) is 5.92 Å². The van der Waals surface area contributed by atoms with Crippen LogP contribution in [-0.4, -0.2) is 6.18 Å². The van der Waals surface area contributed by atoms with Gasteiger partial charge in [-0.05, 0) is 30.9 Å². The number of halogens is 4. The molecule has 17 heavy (non-hydrogen) atoms. The number of hydrogen-bond acceptors (Lipinski definition) is 0. The Morgan fingerprint density at radius 3 is 2.53 bits per heavy atom. The van der Waals surface area contributed by atoms with Crippen LogP contribution in [0.25, 0.3) is 0 Å². The van der Waals surface area contributed by atoms with Crippen LogP contribution >= 0.6 is 0 Å². The lowest BCUT2D eigenvalue weighted by molar-refractivity contribution is -0.0883. The van der Waals surface area contributed by atoms with Gasteiger partial charge in [-0.3, -0.25) is 0 Å². The van der Waals surface area contributed by atoms with E-state index in [2.05, 4.69) is 0 Å². The molecular weight excluding hydrogens is 232 g/mol. The van der Waals surface area contributed by atoms with Crippen LogP contribution in [0, 0.1) is 5.92 Å². The molecule has 0 radical (unpaired) electrons. The Kier molecular flexibility index (Phi) is 4.32. The monoisotopic (exact) mass is 246 g/mol. The molecule has 0 spiro atoms. The van der Waals surface area contributed by atoms with E-state index in [1.54, 1.807) is 19.9 Å². The second-order valence-electron chi connectivity index (χ2n) is 3.94. The molecule has 94 valence electrons. The lowest BCUT2D eigenvalue weighted by atomic mass is 9.93. The molecule has 1 aliphatic carbocycles. The normalized spacial score (nSPS) is 22.7. The summed E-state index contributed by atoms with van der Waals surface area (Å²) in [6.07, 6.45) is 1.93. The summed E-state index contributed by atoms with van der Waals surface area (Å²) in [7, 11) is 0. The largest absolute Gasteiger partial charge is 0.416 e. The van der Waals surface area contributed by atoms with E-state index in [-0.39, 0.29) is 5.92 Å². The Labute approximate surface area is 98.0 Å². The van der Waals surface area contributed by atoms with Crippen LogP contribution in [0.5, 0.6) is 0 Å². The molecule has 0 N–H and O–H groups in total. The summed E-state index contributed by atoms with van der Waals surface area (Å²) in [5.41, 5.74) is -0.650. The van der Waals surface area contributed by atoms with E-state index in [1.807, 2.05) is 0 Å². The van der Waals surface area contributed by atoms with Gasteiger partial charge in [0.2, 0.25) is 0 Å². The fourth-order valence-electron chi connectivity index (χ4n) is 1.63. The van der Waals surface area contributed by atoms with E-state index in [4.69, 9.17) is 0 Å². The average Bonchev–Trinajstić information content (AvgIpc) is 2.20. The highest BCUT2D eigenvalue weighted by atomic mass is 19.4. The first-order chi connectivity index (χ1) is 7.86. The summed E-state index contributed by atoms with van der Waals surface area (Å²) >= 11 is 0. The van der Waals surface area contributed by atoms with Crippen molar-refractivity contribution in [2.75, 3.05) is 0 Å². The smallest absolute Gasteiger partial charge is 0.207 e. The molecule has 0 aromatic heterocycles. The van der Waals surface area contributed by atoms with Crippen LogP contribution in [0.3, 0.4) is 0 Å². The third-order valence-electron chi connectivity index (χ3n) is 2.55. The number of allylic oxidation sites excluding steroid dienone is 8. The highest BCUT2D eigenvalue weighted by molar-refractivity contribution is 5.39. The van der Waals surface area contributed by atoms with Crippen molar-refractivity contribution in [3.63, 3.8) is 0 Å². The minimum atomic E-state index is -4.52. The summed E-state index contributed by atoms with van der Waals surface area (Å²) in [6.45, 7) is 3.49. The lowest BCUT2D eigenvalue weighted by Gasteiger charge is -2.15. The van der Waals surface area contributed by atoms with Gasteiger partial charge in [-0.15, -0.1) is 0 Å². The van der Waals surface area contributed by atoms with Crippen molar-refractivity contribution < 1.29 is 17.6 Å². The Morgan fingerprint density at radius 2 is 2.00 bits per heavy atom. The molecule has 0 saturated carbocycles. The van der Waals surface area contributed by atoms with Crippen LogP contribution in [0.4, 0.5) is 17.6 Å². The standard InChI is InChI=1S/C13H14F4/c1-3-5-11-9(2)6-4-7-10(8-12(11)14)13(15,16)17/h3-5,7-9H,6H2,1-2H3. The maximum atomic E-state index is 13.7. The van der Waals surface area contributed by atoms with Crippen LogP contribution in [0.15, 0.2) is 47.4 Å². The van der Waals surface area contributed by atoms with Gasteiger partial charge in [0.05, 0.1) is 5.57 Å². The highest BCUT2D eigenvalue weighted by Crippen LogP contribution is 2.32. The Bertz CT molecular complexity index is 394. The predicted molar refractivity (Wildman–Crippen MR) is 60.0 cm³/mol. The SMILES string of the molecule is CC=CC1=C(F)C=C(C(F)(F)F)C=CCC1C. The molecule has 0 bridgehead atoms. The second-order valence-corrected chi connectivity index (χ2v) is 3.94. The predicted octanol–water partition coefficient (Wildman–Crippen LogP) is 4.87. The molecule has 0 aliphatic heterocycles. The minimum Gasteiger partial charge on any atom is -0.207 e. The summed E-state index contributed by atoms with van der Waals surface area (Å²) in [5, 5.41) is 0. The topological polar surface area (TPSA) is 0 Å². The van der Waals surface area contributed by atoms with Crippen molar-refractivity contribution in [3.8, 4) is 0 Å². The zero-order chi connectivity index (χ0) is 13.1. The van der Waals surface area contributed by atoms with Crippen molar-refractivity contribution in [2.45, 2.75) is 26.4 Å².